The third-order valence-corrected chi connectivity index (χ3v) is 3.49. The van der Waals surface area contributed by atoms with Crippen molar-refractivity contribution in [2.24, 2.45) is 5.92 Å². The lowest BCUT2D eigenvalue weighted by Crippen LogP contribution is -2.48. The van der Waals surface area contributed by atoms with Crippen molar-refractivity contribution in [3.05, 3.63) is 24.3 Å². The van der Waals surface area contributed by atoms with Gasteiger partial charge in [-0.1, -0.05) is 12.1 Å². The zero-order valence-corrected chi connectivity index (χ0v) is 9.22. The van der Waals surface area contributed by atoms with Crippen LogP contribution < -0.4 is 4.90 Å². The van der Waals surface area contributed by atoms with Crippen LogP contribution >= 0.6 is 0 Å². The van der Waals surface area contributed by atoms with Crippen LogP contribution in [0, 0.1) is 5.92 Å². The Morgan fingerprint density at radius 2 is 1.94 bits per heavy atom. The first-order valence-electron chi connectivity index (χ1n) is 4.79. The van der Waals surface area contributed by atoms with Crippen molar-refractivity contribution in [3.8, 4) is 0 Å². The Morgan fingerprint density at radius 3 is 2.50 bits per heavy atom. The third-order valence-electron chi connectivity index (χ3n) is 2.59. The van der Waals surface area contributed by atoms with Gasteiger partial charge in [-0.2, -0.15) is 8.42 Å². The SMILES string of the molecule is O=CC1CN(c2ccccc2S(=O)(=O)O)C1. The minimum Gasteiger partial charge on any atom is -0.369 e. The van der Waals surface area contributed by atoms with E-state index in [0.29, 0.717) is 18.8 Å². The maximum absolute atomic E-state index is 11.1. The fourth-order valence-corrected chi connectivity index (χ4v) is 2.44. The lowest BCUT2D eigenvalue weighted by molar-refractivity contribution is -0.111. The van der Waals surface area contributed by atoms with Crippen LogP contribution in [0.15, 0.2) is 29.2 Å². The Morgan fingerprint density at radius 1 is 1.31 bits per heavy atom. The largest absolute Gasteiger partial charge is 0.369 e. The summed E-state index contributed by atoms with van der Waals surface area (Å²) in [6, 6.07) is 6.20. The summed E-state index contributed by atoms with van der Waals surface area (Å²) >= 11 is 0. The van der Waals surface area contributed by atoms with E-state index in [1.807, 2.05) is 0 Å². The Kier molecular flexibility index (Phi) is 2.69. The number of rotatable bonds is 3. The molecule has 0 unspecified atom stereocenters. The molecule has 1 fully saturated rings. The van der Waals surface area contributed by atoms with E-state index >= 15 is 0 Å². The number of para-hydroxylation sites is 1. The first-order valence-corrected chi connectivity index (χ1v) is 6.23. The topological polar surface area (TPSA) is 74.7 Å². The van der Waals surface area contributed by atoms with Gasteiger partial charge in [0.15, 0.2) is 0 Å². The normalized spacial score (nSPS) is 16.9. The summed E-state index contributed by atoms with van der Waals surface area (Å²) in [7, 11) is -4.21. The molecule has 0 bridgehead atoms. The molecule has 1 aromatic rings. The average molecular weight is 241 g/mol. The van der Waals surface area contributed by atoms with Gasteiger partial charge in [-0.25, -0.2) is 0 Å². The second-order valence-corrected chi connectivity index (χ2v) is 5.13. The van der Waals surface area contributed by atoms with Crippen LogP contribution in [0.4, 0.5) is 5.69 Å². The molecule has 1 aromatic carbocycles. The van der Waals surface area contributed by atoms with Gasteiger partial charge in [0.25, 0.3) is 10.1 Å². The van der Waals surface area contributed by atoms with E-state index in [-0.39, 0.29) is 10.8 Å². The van der Waals surface area contributed by atoms with Crippen LogP contribution in [-0.2, 0) is 14.9 Å². The highest BCUT2D eigenvalue weighted by Crippen LogP contribution is 2.29. The molecule has 0 aliphatic carbocycles. The number of carbonyl (C=O) groups excluding carboxylic acids is 1. The van der Waals surface area contributed by atoms with Crippen molar-refractivity contribution in [3.63, 3.8) is 0 Å². The van der Waals surface area contributed by atoms with Crippen LogP contribution in [0.1, 0.15) is 0 Å². The Labute approximate surface area is 93.4 Å². The van der Waals surface area contributed by atoms with E-state index in [1.165, 1.54) is 6.07 Å². The van der Waals surface area contributed by atoms with Crippen LogP contribution in [0.3, 0.4) is 0 Å². The molecule has 1 heterocycles. The van der Waals surface area contributed by atoms with Crippen molar-refractivity contribution >= 4 is 22.1 Å². The predicted octanol–water partition coefficient (Wildman–Crippen LogP) is 0.568. The Bertz CT molecular complexity index is 505. The van der Waals surface area contributed by atoms with Crippen LogP contribution in [0.5, 0.6) is 0 Å². The summed E-state index contributed by atoms with van der Waals surface area (Å²) in [6.07, 6.45) is 0.854. The smallest absolute Gasteiger partial charge is 0.296 e. The van der Waals surface area contributed by atoms with Gasteiger partial charge in [-0.15, -0.1) is 0 Å². The molecule has 1 N–H and O–H groups in total. The van der Waals surface area contributed by atoms with Crippen LogP contribution in [0.2, 0.25) is 0 Å². The van der Waals surface area contributed by atoms with Crippen molar-refractivity contribution in [2.75, 3.05) is 18.0 Å². The highest BCUT2D eigenvalue weighted by atomic mass is 32.2. The van der Waals surface area contributed by atoms with E-state index < -0.39 is 10.1 Å². The number of benzene rings is 1. The van der Waals surface area contributed by atoms with Gasteiger partial charge < -0.3 is 9.69 Å². The molecule has 0 atom stereocenters. The van der Waals surface area contributed by atoms with E-state index in [1.54, 1.807) is 23.1 Å². The maximum Gasteiger partial charge on any atom is 0.296 e. The Balaban J connectivity index is 2.32. The number of aldehydes is 1. The molecule has 16 heavy (non-hydrogen) atoms. The monoisotopic (exact) mass is 241 g/mol. The van der Waals surface area contributed by atoms with Crippen molar-refractivity contribution in [1.82, 2.24) is 0 Å². The predicted molar refractivity (Wildman–Crippen MR) is 58.0 cm³/mol. The maximum atomic E-state index is 11.1. The minimum absolute atomic E-state index is 0.0468. The summed E-state index contributed by atoms with van der Waals surface area (Å²) < 4.78 is 31.3. The number of anilines is 1. The molecular formula is C10H11NO4S. The van der Waals surface area contributed by atoms with Gasteiger partial charge in [0.2, 0.25) is 0 Å². The first kappa shape index (κ1) is 11.1. The zero-order valence-electron chi connectivity index (χ0n) is 8.41. The lowest BCUT2D eigenvalue weighted by atomic mass is 10.0. The highest BCUT2D eigenvalue weighted by Gasteiger charge is 2.29. The van der Waals surface area contributed by atoms with Crippen LogP contribution in [0.25, 0.3) is 0 Å². The van der Waals surface area contributed by atoms with E-state index in [9.17, 15) is 13.2 Å². The average Bonchev–Trinajstić information content (AvgIpc) is 2.15. The molecular weight excluding hydrogens is 230 g/mol. The van der Waals surface area contributed by atoms with E-state index in [0.717, 1.165) is 6.29 Å². The molecule has 0 spiro atoms. The summed E-state index contributed by atoms with van der Waals surface area (Å²) in [5.74, 6) is -0.0468. The number of carbonyl (C=O) groups is 1. The second kappa shape index (κ2) is 3.88. The molecule has 0 amide bonds. The quantitative estimate of drug-likeness (QED) is 0.618. The summed E-state index contributed by atoms with van der Waals surface area (Å²) in [5, 5.41) is 0. The number of nitrogens with zero attached hydrogens (tertiary/aromatic N) is 1. The summed E-state index contributed by atoms with van der Waals surface area (Å²) in [4.78, 5) is 12.1. The van der Waals surface area contributed by atoms with Gasteiger partial charge in [-0.05, 0) is 12.1 Å². The molecule has 86 valence electrons. The molecule has 0 saturated carbocycles. The Hall–Kier alpha value is -1.40. The van der Waals surface area contributed by atoms with Crippen molar-refractivity contribution in [2.45, 2.75) is 4.90 Å². The van der Waals surface area contributed by atoms with Crippen molar-refractivity contribution in [1.29, 1.82) is 0 Å². The fraction of sp³-hybridized carbons (Fsp3) is 0.300. The molecule has 2 rings (SSSR count). The van der Waals surface area contributed by atoms with Crippen molar-refractivity contribution < 1.29 is 17.8 Å². The van der Waals surface area contributed by atoms with Gasteiger partial charge in [0, 0.05) is 19.0 Å². The lowest BCUT2D eigenvalue weighted by Gasteiger charge is -2.38. The second-order valence-electron chi connectivity index (χ2n) is 3.74. The number of hydrogen-bond acceptors (Lipinski definition) is 4. The summed E-state index contributed by atoms with van der Waals surface area (Å²) in [5.41, 5.74) is 0.447. The molecule has 1 aliphatic heterocycles. The number of hydrogen-bond donors (Lipinski definition) is 1. The van der Waals surface area contributed by atoms with Crippen LogP contribution in [-0.4, -0.2) is 32.3 Å². The van der Waals surface area contributed by atoms with E-state index in [4.69, 9.17) is 4.55 Å². The van der Waals surface area contributed by atoms with Gasteiger partial charge in [-0.3, -0.25) is 4.55 Å². The molecule has 0 radical (unpaired) electrons. The molecule has 1 saturated heterocycles. The van der Waals surface area contributed by atoms with Gasteiger partial charge >= 0.3 is 0 Å². The highest BCUT2D eigenvalue weighted by molar-refractivity contribution is 7.86. The minimum atomic E-state index is -4.21. The molecule has 1 aliphatic rings. The fourth-order valence-electron chi connectivity index (χ4n) is 1.73. The third kappa shape index (κ3) is 1.94. The van der Waals surface area contributed by atoms with Gasteiger partial charge in [0.05, 0.1) is 5.69 Å². The molecule has 0 aromatic heterocycles. The standard InChI is InChI=1S/C10H11NO4S/c12-7-8-5-11(6-8)9-3-1-2-4-10(9)16(13,14)15/h1-4,7-8H,5-6H2,(H,13,14,15). The molecule has 5 nitrogen and oxygen atoms in total. The van der Waals surface area contributed by atoms with Gasteiger partial charge in [0.1, 0.15) is 11.2 Å². The molecule has 6 heteroatoms. The van der Waals surface area contributed by atoms with E-state index in [2.05, 4.69) is 0 Å². The zero-order chi connectivity index (χ0) is 11.8. The summed E-state index contributed by atoms with van der Waals surface area (Å²) in [6.45, 7) is 0.992. The first-order chi connectivity index (χ1) is 7.52.